The van der Waals surface area contributed by atoms with Gasteiger partial charge in [-0.3, -0.25) is 14.5 Å². The van der Waals surface area contributed by atoms with E-state index >= 15 is 0 Å². The van der Waals surface area contributed by atoms with Gasteiger partial charge in [0.2, 0.25) is 5.91 Å². The summed E-state index contributed by atoms with van der Waals surface area (Å²) in [5, 5.41) is 15.2. The third kappa shape index (κ3) is 3.51. The van der Waals surface area contributed by atoms with Crippen LogP contribution in [0.25, 0.3) is 0 Å². The lowest BCUT2D eigenvalue weighted by atomic mass is 10.0. The van der Waals surface area contributed by atoms with Crippen molar-refractivity contribution in [2.75, 3.05) is 26.3 Å². The highest BCUT2D eigenvalue weighted by Crippen LogP contribution is 2.18. The number of imide groups is 1. The predicted octanol–water partition coefficient (Wildman–Crippen LogP) is -1.03. The second kappa shape index (κ2) is 5.61. The standard InChI is InChI=1S/C13H21N3O5/c1-12(2)10(18)16(11(19)15-12)5-3-9(17)14-7-13(20)4-6-21-8-13/h20H,3-8H2,1-2H3,(H,14,17)(H,15,19). The molecule has 1 atom stereocenters. The summed E-state index contributed by atoms with van der Waals surface area (Å²) in [7, 11) is 0. The van der Waals surface area contributed by atoms with Gasteiger partial charge in [0.1, 0.15) is 11.1 Å². The second-order valence-electron chi connectivity index (χ2n) is 6.07. The number of ether oxygens (including phenoxy) is 1. The van der Waals surface area contributed by atoms with Gasteiger partial charge < -0.3 is 20.5 Å². The fourth-order valence-corrected chi connectivity index (χ4v) is 2.32. The average molecular weight is 299 g/mol. The van der Waals surface area contributed by atoms with E-state index < -0.39 is 17.2 Å². The minimum atomic E-state index is -1.02. The highest BCUT2D eigenvalue weighted by atomic mass is 16.5. The van der Waals surface area contributed by atoms with Gasteiger partial charge in [0.05, 0.1) is 6.61 Å². The van der Waals surface area contributed by atoms with Crippen LogP contribution in [0.15, 0.2) is 0 Å². The van der Waals surface area contributed by atoms with Gasteiger partial charge in [0, 0.05) is 32.5 Å². The summed E-state index contributed by atoms with van der Waals surface area (Å²) >= 11 is 0. The molecule has 2 aliphatic heterocycles. The minimum Gasteiger partial charge on any atom is -0.386 e. The van der Waals surface area contributed by atoms with Crippen LogP contribution in [0.4, 0.5) is 4.79 Å². The highest BCUT2D eigenvalue weighted by molar-refractivity contribution is 6.06. The molecule has 0 aliphatic carbocycles. The monoisotopic (exact) mass is 299 g/mol. The molecule has 2 heterocycles. The Kier molecular flexibility index (Phi) is 4.20. The van der Waals surface area contributed by atoms with E-state index in [0.717, 1.165) is 4.90 Å². The number of carbonyl (C=O) groups excluding carboxylic acids is 3. The topological polar surface area (TPSA) is 108 Å². The molecule has 2 fully saturated rings. The maximum absolute atomic E-state index is 11.9. The molecule has 0 aromatic heterocycles. The van der Waals surface area contributed by atoms with E-state index in [4.69, 9.17) is 4.74 Å². The first-order valence-corrected chi connectivity index (χ1v) is 6.94. The number of nitrogens with zero attached hydrogens (tertiary/aromatic N) is 1. The summed E-state index contributed by atoms with van der Waals surface area (Å²) < 4.78 is 5.08. The van der Waals surface area contributed by atoms with Gasteiger partial charge in [0.15, 0.2) is 0 Å². The molecule has 8 heteroatoms. The molecular formula is C13H21N3O5. The van der Waals surface area contributed by atoms with Crippen molar-refractivity contribution in [1.82, 2.24) is 15.5 Å². The number of amides is 4. The summed E-state index contributed by atoms with van der Waals surface area (Å²) in [6.45, 7) is 4.04. The third-order valence-electron chi connectivity index (χ3n) is 3.70. The molecule has 0 saturated carbocycles. The molecule has 21 heavy (non-hydrogen) atoms. The smallest absolute Gasteiger partial charge is 0.325 e. The second-order valence-corrected chi connectivity index (χ2v) is 6.07. The van der Waals surface area contributed by atoms with E-state index in [2.05, 4.69) is 10.6 Å². The van der Waals surface area contributed by atoms with Gasteiger partial charge in [0.25, 0.3) is 5.91 Å². The van der Waals surface area contributed by atoms with Crippen LogP contribution in [-0.2, 0) is 14.3 Å². The van der Waals surface area contributed by atoms with Crippen LogP contribution in [0.5, 0.6) is 0 Å². The average Bonchev–Trinajstić information content (AvgIpc) is 2.90. The molecular weight excluding hydrogens is 278 g/mol. The van der Waals surface area contributed by atoms with E-state index in [9.17, 15) is 19.5 Å². The number of urea groups is 1. The van der Waals surface area contributed by atoms with Gasteiger partial charge in [-0.25, -0.2) is 4.79 Å². The van der Waals surface area contributed by atoms with Gasteiger partial charge in [-0.2, -0.15) is 0 Å². The Morgan fingerprint density at radius 1 is 1.48 bits per heavy atom. The Hall–Kier alpha value is -1.67. The summed E-state index contributed by atoms with van der Waals surface area (Å²) in [6.07, 6.45) is 0.487. The zero-order chi connectivity index (χ0) is 15.7. The molecule has 0 spiro atoms. The van der Waals surface area contributed by atoms with Gasteiger partial charge in [-0.1, -0.05) is 0 Å². The first-order valence-electron chi connectivity index (χ1n) is 6.94. The van der Waals surface area contributed by atoms with Crippen LogP contribution in [0.1, 0.15) is 26.7 Å². The molecule has 2 saturated heterocycles. The molecule has 1 unspecified atom stereocenters. The van der Waals surface area contributed by atoms with Crippen LogP contribution in [0.3, 0.4) is 0 Å². The van der Waals surface area contributed by atoms with Crippen LogP contribution < -0.4 is 10.6 Å². The molecule has 0 aromatic rings. The van der Waals surface area contributed by atoms with E-state index in [1.165, 1.54) is 0 Å². The van der Waals surface area contributed by atoms with E-state index in [1.54, 1.807) is 13.8 Å². The first-order chi connectivity index (χ1) is 9.73. The molecule has 0 radical (unpaired) electrons. The highest BCUT2D eigenvalue weighted by Gasteiger charge is 2.44. The van der Waals surface area contributed by atoms with Crippen molar-refractivity contribution in [3.8, 4) is 0 Å². The maximum Gasteiger partial charge on any atom is 0.325 e. The Morgan fingerprint density at radius 3 is 2.71 bits per heavy atom. The zero-order valence-corrected chi connectivity index (χ0v) is 12.3. The maximum atomic E-state index is 11.9. The molecule has 2 aliphatic rings. The van der Waals surface area contributed by atoms with Crippen molar-refractivity contribution in [2.24, 2.45) is 0 Å². The van der Waals surface area contributed by atoms with Crippen molar-refractivity contribution in [1.29, 1.82) is 0 Å². The van der Waals surface area contributed by atoms with Gasteiger partial charge in [-0.05, 0) is 13.8 Å². The summed E-state index contributed by atoms with van der Waals surface area (Å²) in [4.78, 5) is 36.3. The third-order valence-corrected chi connectivity index (χ3v) is 3.70. The Bertz CT molecular complexity index is 457. The lowest BCUT2D eigenvalue weighted by molar-refractivity contribution is -0.130. The number of aliphatic hydroxyl groups is 1. The number of carbonyl (C=O) groups is 3. The minimum absolute atomic E-state index is 0.00613. The molecule has 3 N–H and O–H groups in total. The van der Waals surface area contributed by atoms with Crippen LogP contribution in [0, 0.1) is 0 Å². The summed E-state index contributed by atoms with van der Waals surface area (Å²) in [6, 6.07) is -0.486. The van der Waals surface area contributed by atoms with E-state index in [0.29, 0.717) is 13.0 Å². The van der Waals surface area contributed by atoms with Crippen LogP contribution in [-0.4, -0.2) is 65.3 Å². The van der Waals surface area contributed by atoms with Gasteiger partial charge >= 0.3 is 6.03 Å². The van der Waals surface area contributed by atoms with Crippen LogP contribution >= 0.6 is 0 Å². The van der Waals surface area contributed by atoms with Crippen molar-refractivity contribution >= 4 is 17.8 Å². The molecule has 118 valence electrons. The molecule has 4 amide bonds. The Labute approximate surface area is 122 Å². The number of hydrogen-bond acceptors (Lipinski definition) is 5. The number of rotatable bonds is 5. The molecule has 2 rings (SSSR count). The van der Waals surface area contributed by atoms with Crippen LogP contribution in [0.2, 0.25) is 0 Å². The normalized spacial score (nSPS) is 27.9. The lowest BCUT2D eigenvalue weighted by Crippen LogP contribution is -2.44. The van der Waals surface area contributed by atoms with Gasteiger partial charge in [-0.15, -0.1) is 0 Å². The first kappa shape index (κ1) is 15.7. The quantitative estimate of drug-likeness (QED) is 0.563. The lowest BCUT2D eigenvalue weighted by Gasteiger charge is -2.21. The van der Waals surface area contributed by atoms with Crippen molar-refractivity contribution in [3.05, 3.63) is 0 Å². The van der Waals surface area contributed by atoms with Crippen molar-refractivity contribution in [2.45, 2.75) is 37.8 Å². The fourth-order valence-electron chi connectivity index (χ4n) is 2.32. The molecule has 0 aromatic carbocycles. The largest absolute Gasteiger partial charge is 0.386 e. The fraction of sp³-hybridized carbons (Fsp3) is 0.769. The predicted molar refractivity (Wildman–Crippen MR) is 72.3 cm³/mol. The van der Waals surface area contributed by atoms with E-state index in [1.807, 2.05) is 0 Å². The summed E-state index contributed by atoms with van der Waals surface area (Å²) in [5.74, 6) is -0.663. The SMILES string of the molecule is CC1(C)NC(=O)N(CCC(=O)NCC2(O)CCOC2)C1=O. The number of hydrogen-bond donors (Lipinski definition) is 3. The van der Waals surface area contributed by atoms with E-state index in [-0.39, 0.29) is 37.9 Å². The van der Waals surface area contributed by atoms with Crippen molar-refractivity contribution in [3.63, 3.8) is 0 Å². The molecule has 0 bridgehead atoms. The van der Waals surface area contributed by atoms with Crippen molar-refractivity contribution < 1.29 is 24.2 Å². The summed E-state index contributed by atoms with van der Waals surface area (Å²) in [5.41, 5.74) is -1.94. The zero-order valence-electron chi connectivity index (χ0n) is 12.3. The molecule has 8 nitrogen and oxygen atoms in total. The Morgan fingerprint density at radius 2 is 2.19 bits per heavy atom. The Balaban J connectivity index is 1.77. The number of nitrogens with one attached hydrogen (secondary N) is 2.